The number of pyridine rings is 2. The quantitative estimate of drug-likeness (QED) is 0.687. The predicted octanol–water partition coefficient (Wildman–Crippen LogP) is 2.35. The summed E-state index contributed by atoms with van der Waals surface area (Å²) in [4.78, 5) is 25.0. The van der Waals surface area contributed by atoms with Gasteiger partial charge in [-0.3, -0.25) is 9.88 Å². The first-order valence-electron chi connectivity index (χ1n) is 8.38. The van der Waals surface area contributed by atoms with Crippen LogP contribution in [0.25, 0.3) is 0 Å². The van der Waals surface area contributed by atoms with E-state index in [1.807, 2.05) is 31.3 Å². The van der Waals surface area contributed by atoms with Crippen molar-refractivity contribution in [1.82, 2.24) is 19.8 Å². The molecule has 25 heavy (non-hydrogen) atoms. The minimum atomic E-state index is -0.418. The maximum atomic E-state index is 11.6. The number of carbonyl (C=O) groups is 1. The van der Waals surface area contributed by atoms with Crippen LogP contribution in [-0.4, -0.2) is 53.5 Å². The fourth-order valence-corrected chi connectivity index (χ4v) is 2.49. The van der Waals surface area contributed by atoms with E-state index >= 15 is 0 Å². The Morgan fingerprint density at radius 3 is 2.00 bits per heavy atom. The van der Waals surface area contributed by atoms with E-state index in [1.54, 1.807) is 6.07 Å². The monoisotopic (exact) mass is 342 g/mol. The maximum Gasteiger partial charge on any atom is 0.356 e. The molecule has 0 bridgehead atoms. The molecule has 134 valence electrons. The average molecular weight is 342 g/mol. The third kappa shape index (κ3) is 5.92. The molecule has 2 aromatic rings. The largest absolute Gasteiger partial charge is 0.464 e. The average Bonchev–Trinajstić information content (AvgIpc) is 2.61. The van der Waals surface area contributed by atoms with Crippen LogP contribution in [0, 0.1) is 0 Å². The molecule has 2 heterocycles. The van der Waals surface area contributed by atoms with Gasteiger partial charge >= 0.3 is 5.97 Å². The summed E-state index contributed by atoms with van der Waals surface area (Å²) in [6.45, 7) is 5.32. The van der Waals surface area contributed by atoms with Gasteiger partial charge in [0.05, 0.1) is 24.2 Å². The van der Waals surface area contributed by atoms with Crippen LogP contribution >= 0.6 is 0 Å². The summed E-state index contributed by atoms with van der Waals surface area (Å²) in [6, 6.07) is 11.5. The number of hydrogen-bond donors (Lipinski definition) is 0. The molecule has 0 N–H and O–H groups in total. The molecule has 2 rings (SSSR count). The summed E-state index contributed by atoms with van der Waals surface area (Å²) in [5.41, 5.74) is 3.25. The molecule has 6 heteroatoms. The lowest BCUT2D eigenvalue weighted by molar-refractivity contribution is 0.0593. The van der Waals surface area contributed by atoms with Crippen LogP contribution in [0.5, 0.6) is 0 Å². The van der Waals surface area contributed by atoms with Gasteiger partial charge in [-0.15, -0.1) is 0 Å². The molecule has 0 aromatic carbocycles. The minimum absolute atomic E-state index is 0.330. The lowest BCUT2D eigenvalue weighted by atomic mass is 10.2. The second-order valence-corrected chi connectivity index (χ2v) is 6.13. The Morgan fingerprint density at radius 2 is 1.44 bits per heavy atom. The molecule has 0 amide bonds. The van der Waals surface area contributed by atoms with E-state index in [-0.39, 0.29) is 0 Å². The van der Waals surface area contributed by atoms with Crippen molar-refractivity contribution in [3.8, 4) is 0 Å². The third-order valence-corrected chi connectivity index (χ3v) is 3.90. The molecule has 0 unspecified atom stereocenters. The molecule has 2 aromatic heterocycles. The van der Waals surface area contributed by atoms with Gasteiger partial charge in [0.1, 0.15) is 5.69 Å². The smallest absolute Gasteiger partial charge is 0.356 e. The van der Waals surface area contributed by atoms with Crippen LogP contribution in [0.4, 0.5) is 0 Å². The summed E-state index contributed by atoms with van der Waals surface area (Å²) in [5.74, 6) is -0.418. The highest BCUT2D eigenvalue weighted by Crippen LogP contribution is 2.08. The number of methoxy groups -OCH3 is 1. The Balaban J connectivity index is 1.99. The Labute approximate surface area is 149 Å². The van der Waals surface area contributed by atoms with Gasteiger partial charge in [-0.05, 0) is 44.9 Å². The summed E-state index contributed by atoms with van der Waals surface area (Å²) < 4.78 is 4.72. The van der Waals surface area contributed by atoms with Crippen molar-refractivity contribution in [2.24, 2.45) is 0 Å². The second-order valence-electron chi connectivity index (χ2n) is 6.13. The Morgan fingerprint density at radius 1 is 0.920 bits per heavy atom. The van der Waals surface area contributed by atoms with Gasteiger partial charge in [0, 0.05) is 19.6 Å². The van der Waals surface area contributed by atoms with Crippen molar-refractivity contribution in [2.45, 2.75) is 26.6 Å². The van der Waals surface area contributed by atoms with Crippen molar-refractivity contribution >= 4 is 5.97 Å². The van der Waals surface area contributed by atoms with Crippen molar-refractivity contribution in [3.05, 3.63) is 59.2 Å². The first-order valence-corrected chi connectivity index (χ1v) is 8.38. The molecule has 0 fully saturated rings. The molecular weight excluding hydrogens is 316 g/mol. The molecule has 0 saturated heterocycles. The van der Waals surface area contributed by atoms with Crippen LogP contribution in [0.2, 0.25) is 0 Å². The lowest BCUT2D eigenvalue weighted by Gasteiger charge is -2.17. The van der Waals surface area contributed by atoms with E-state index in [2.05, 4.69) is 34.8 Å². The Bertz CT molecular complexity index is 705. The lowest BCUT2D eigenvalue weighted by Crippen LogP contribution is -2.21. The normalized spacial score (nSPS) is 11.1. The van der Waals surface area contributed by atoms with E-state index in [9.17, 15) is 4.79 Å². The van der Waals surface area contributed by atoms with Crippen LogP contribution in [-0.2, 0) is 24.4 Å². The number of aromatic nitrogens is 2. The highest BCUT2D eigenvalue weighted by atomic mass is 16.5. The fraction of sp³-hybridized carbons (Fsp3) is 0.421. The van der Waals surface area contributed by atoms with Crippen LogP contribution in [0.1, 0.15) is 34.5 Å². The number of nitrogens with zero attached hydrogens (tertiary/aromatic N) is 4. The van der Waals surface area contributed by atoms with Gasteiger partial charge < -0.3 is 9.64 Å². The Kier molecular flexibility index (Phi) is 7.03. The van der Waals surface area contributed by atoms with Gasteiger partial charge in [-0.25, -0.2) is 9.78 Å². The zero-order chi connectivity index (χ0) is 18.2. The van der Waals surface area contributed by atoms with Gasteiger partial charge in [0.2, 0.25) is 0 Å². The first-order chi connectivity index (χ1) is 12.0. The van der Waals surface area contributed by atoms with Gasteiger partial charge in [0.25, 0.3) is 0 Å². The number of rotatable bonds is 8. The molecule has 0 aliphatic heterocycles. The molecular formula is C19H26N4O2. The minimum Gasteiger partial charge on any atom is -0.464 e. The summed E-state index contributed by atoms with van der Waals surface area (Å²) in [7, 11) is 5.46. The van der Waals surface area contributed by atoms with Gasteiger partial charge in [-0.1, -0.05) is 19.1 Å². The zero-order valence-electron chi connectivity index (χ0n) is 15.4. The molecule has 0 atom stereocenters. The van der Waals surface area contributed by atoms with E-state index in [1.165, 1.54) is 7.11 Å². The zero-order valence-corrected chi connectivity index (χ0v) is 15.4. The number of esters is 1. The van der Waals surface area contributed by atoms with Gasteiger partial charge in [0.15, 0.2) is 0 Å². The summed E-state index contributed by atoms with van der Waals surface area (Å²) >= 11 is 0. The molecule has 0 radical (unpaired) electrons. The van der Waals surface area contributed by atoms with E-state index < -0.39 is 5.97 Å². The molecule has 0 aliphatic carbocycles. The van der Waals surface area contributed by atoms with Gasteiger partial charge in [-0.2, -0.15) is 0 Å². The highest BCUT2D eigenvalue weighted by Gasteiger charge is 2.10. The SMILES string of the molecule is CCN(C)Cc1cccc(CN(C)Cc2cccc(C(=O)OC)n2)n1. The molecule has 0 aliphatic rings. The topological polar surface area (TPSA) is 58.6 Å². The van der Waals surface area contributed by atoms with Crippen LogP contribution in [0.3, 0.4) is 0 Å². The second kappa shape index (κ2) is 9.25. The van der Waals surface area contributed by atoms with E-state index in [0.29, 0.717) is 18.8 Å². The van der Waals surface area contributed by atoms with E-state index in [4.69, 9.17) is 9.72 Å². The molecule has 6 nitrogen and oxygen atoms in total. The number of ether oxygens (including phenoxy) is 1. The molecule has 0 spiro atoms. The Hall–Kier alpha value is -2.31. The highest BCUT2D eigenvalue weighted by molar-refractivity contribution is 5.87. The van der Waals surface area contributed by atoms with Crippen LogP contribution < -0.4 is 0 Å². The van der Waals surface area contributed by atoms with Crippen molar-refractivity contribution < 1.29 is 9.53 Å². The first kappa shape index (κ1) is 19.0. The summed E-state index contributed by atoms with van der Waals surface area (Å²) in [5, 5.41) is 0. The van der Waals surface area contributed by atoms with E-state index in [0.717, 1.165) is 30.2 Å². The third-order valence-electron chi connectivity index (χ3n) is 3.90. The van der Waals surface area contributed by atoms with Crippen LogP contribution in [0.15, 0.2) is 36.4 Å². The standard InChI is InChI=1S/C19H26N4O2/c1-5-22(2)12-15-8-6-9-16(20-15)13-23(3)14-17-10-7-11-18(21-17)19(24)25-4/h6-11H,5,12-14H2,1-4H3. The van der Waals surface area contributed by atoms with Crippen molar-refractivity contribution in [2.75, 3.05) is 27.7 Å². The number of carbonyl (C=O) groups excluding carboxylic acids is 1. The summed E-state index contributed by atoms with van der Waals surface area (Å²) in [6.07, 6.45) is 0. The van der Waals surface area contributed by atoms with Crippen molar-refractivity contribution in [1.29, 1.82) is 0 Å². The molecule has 0 saturated carbocycles. The predicted molar refractivity (Wildman–Crippen MR) is 97.0 cm³/mol. The number of hydrogen-bond acceptors (Lipinski definition) is 6. The van der Waals surface area contributed by atoms with Crippen molar-refractivity contribution in [3.63, 3.8) is 0 Å². The fourth-order valence-electron chi connectivity index (χ4n) is 2.49. The maximum absolute atomic E-state index is 11.6.